The molecule has 0 fully saturated rings. The van der Waals surface area contributed by atoms with Gasteiger partial charge < -0.3 is 14.7 Å². The zero-order chi connectivity index (χ0) is 16.1. The van der Waals surface area contributed by atoms with Crippen LogP contribution in [0.15, 0.2) is 51.2 Å². The molecule has 0 unspecified atom stereocenters. The number of anilines is 1. The lowest BCUT2D eigenvalue weighted by molar-refractivity contribution is 0.287. The number of benzene rings is 1. The van der Waals surface area contributed by atoms with Gasteiger partial charge in [0.1, 0.15) is 5.75 Å². The molecule has 0 spiro atoms. The predicted octanol–water partition coefficient (Wildman–Crippen LogP) is 3.73. The number of ether oxygens (including phenoxy) is 2. The number of amidine groups is 1. The fourth-order valence-corrected chi connectivity index (χ4v) is 3.57. The molecule has 0 saturated heterocycles. The largest absolute Gasteiger partial charge is 0.497 e. The lowest BCUT2D eigenvalue weighted by atomic mass is 10.2. The smallest absolute Gasteiger partial charge is 0.200 e. The van der Waals surface area contributed by atoms with Gasteiger partial charge in [0.2, 0.25) is 0 Å². The summed E-state index contributed by atoms with van der Waals surface area (Å²) in [7, 11) is 3.22. The van der Waals surface area contributed by atoms with Crippen molar-refractivity contribution in [2.45, 2.75) is 0 Å². The van der Waals surface area contributed by atoms with E-state index in [1.165, 1.54) is 0 Å². The molecule has 7 heteroatoms. The third-order valence-electron chi connectivity index (χ3n) is 3.17. The van der Waals surface area contributed by atoms with Crippen molar-refractivity contribution >= 4 is 35.0 Å². The summed E-state index contributed by atoms with van der Waals surface area (Å²) < 4.78 is 11.7. The van der Waals surface area contributed by atoms with Gasteiger partial charge in [-0.15, -0.1) is 23.5 Å². The van der Waals surface area contributed by atoms with Gasteiger partial charge in [0.25, 0.3) is 0 Å². The molecular weight excluding hydrogens is 320 g/mol. The molecule has 1 aromatic carbocycles. The van der Waals surface area contributed by atoms with E-state index < -0.39 is 0 Å². The summed E-state index contributed by atoms with van der Waals surface area (Å²) in [6, 6.07) is 7.47. The van der Waals surface area contributed by atoms with E-state index in [0.717, 1.165) is 21.2 Å². The van der Waals surface area contributed by atoms with Crippen LogP contribution in [-0.4, -0.2) is 37.8 Å². The maximum Gasteiger partial charge on any atom is 0.200 e. The summed E-state index contributed by atoms with van der Waals surface area (Å²) in [6.07, 6.45) is 5.86. The van der Waals surface area contributed by atoms with Gasteiger partial charge in [-0.1, -0.05) is 5.16 Å². The van der Waals surface area contributed by atoms with E-state index in [-0.39, 0.29) is 0 Å². The van der Waals surface area contributed by atoms with Crippen LogP contribution in [0.5, 0.6) is 5.75 Å². The summed E-state index contributed by atoms with van der Waals surface area (Å²) in [6.45, 7) is 0. The van der Waals surface area contributed by atoms with Crippen molar-refractivity contribution in [2.24, 2.45) is 5.16 Å². The number of methoxy groups -OCH3 is 2. The van der Waals surface area contributed by atoms with Gasteiger partial charge in [0.05, 0.1) is 24.1 Å². The van der Waals surface area contributed by atoms with Crippen molar-refractivity contribution in [1.82, 2.24) is 0 Å². The van der Waals surface area contributed by atoms with Gasteiger partial charge in [-0.3, -0.25) is 4.90 Å². The lowest BCUT2D eigenvalue weighted by Crippen LogP contribution is -2.27. The molecule has 1 N–H and O–H groups in total. The maximum absolute atomic E-state index is 9.50. The average molecular weight is 338 g/mol. The molecule has 0 bridgehead atoms. The van der Waals surface area contributed by atoms with Crippen LogP contribution >= 0.6 is 23.5 Å². The van der Waals surface area contributed by atoms with E-state index in [4.69, 9.17) is 9.47 Å². The van der Waals surface area contributed by atoms with E-state index in [1.807, 2.05) is 42.9 Å². The van der Waals surface area contributed by atoms with Crippen LogP contribution in [0.3, 0.4) is 0 Å². The molecule has 0 saturated carbocycles. The minimum atomic E-state index is 0.445. The molecule has 1 heterocycles. The Labute approximate surface area is 138 Å². The molecule has 0 aliphatic carbocycles. The van der Waals surface area contributed by atoms with Crippen LogP contribution < -0.4 is 9.64 Å². The zero-order valence-electron chi connectivity index (χ0n) is 12.9. The molecule has 118 valence electrons. The summed E-state index contributed by atoms with van der Waals surface area (Å²) in [5.74, 6) is 1.81. The number of oxime groups is 1. The Morgan fingerprint density at radius 1 is 1.09 bits per heavy atom. The van der Waals surface area contributed by atoms with Gasteiger partial charge in [0.15, 0.2) is 11.7 Å². The quantitative estimate of drug-likeness (QED) is 0.652. The molecule has 0 atom stereocenters. The highest BCUT2D eigenvalue weighted by Gasteiger charge is 2.31. The van der Waals surface area contributed by atoms with Gasteiger partial charge in [-0.05, 0) is 36.8 Å². The SMILES string of the molecule is COC1=CC(=C(SC)SC)/C(=N/O)N1c1ccc(OC)cc1. The number of hydrogen-bond donors (Lipinski definition) is 1. The van der Waals surface area contributed by atoms with E-state index in [0.29, 0.717) is 11.7 Å². The summed E-state index contributed by atoms with van der Waals surface area (Å²) in [5.41, 5.74) is 1.67. The van der Waals surface area contributed by atoms with Gasteiger partial charge in [-0.2, -0.15) is 0 Å². The van der Waals surface area contributed by atoms with Crippen LogP contribution in [0.2, 0.25) is 0 Å². The maximum atomic E-state index is 9.50. The molecule has 1 aliphatic heterocycles. The van der Waals surface area contributed by atoms with Crippen molar-refractivity contribution in [3.8, 4) is 5.75 Å². The fraction of sp³-hybridized carbons (Fsp3) is 0.267. The minimum absolute atomic E-state index is 0.445. The van der Waals surface area contributed by atoms with E-state index >= 15 is 0 Å². The minimum Gasteiger partial charge on any atom is -0.497 e. The second-order valence-corrected chi connectivity index (χ2v) is 6.14. The Morgan fingerprint density at radius 3 is 2.18 bits per heavy atom. The second kappa shape index (κ2) is 7.51. The molecule has 0 aromatic heterocycles. The van der Waals surface area contributed by atoms with Crippen LogP contribution in [-0.2, 0) is 4.74 Å². The third kappa shape index (κ3) is 3.05. The Morgan fingerprint density at radius 2 is 1.73 bits per heavy atom. The summed E-state index contributed by atoms with van der Waals surface area (Å²) >= 11 is 3.21. The first-order valence-electron chi connectivity index (χ1n) is 6.44. The number of hydrogen-bond acceptors (Lipinski definition) is 6. The van der Waals surface area contributed by atoms with Crippen LogP contribution in [0.4, 0.5) is 5.69 Å². The fourth-order valence-electron chi connectivity index (χ4n) is 2.16. The van der Waals surface area contributed by atoms with Crippen molar-refractivity contribution in [3.05, 3.63) is 46.0 Å². The average Bonchev–Trinajstić information content (AvgIpc) is 2.94. The first-order valence-corrected chi connectivity index (χ1v) is 8.89. The second-order valence-electron chi connectivity index (χ2n) is 4.25. The van der Waals surface area contributed by atoms with Gasteiger partial charge >= 0.3 is 0 Å². The van der Waals surface area contributed by atoms with E-state index in [9.17, 15) is 5.21 Å². The van der Waals surface area contributed by atoms with Crippen molar-refractivity contribution in [3.63, 3.8) is 0 Å². The molecule has 5 nitrogen and oxygen atoms in total. The standard InChI is InChI=1S/C15H18N2O3S2/c1-19-11-7-5-10(6-8-11)17-13(20-2)9-12(14(17)16-18)15(21-3)22-4/h5-9,18H,1-4H3/b16-14-. The summed E-state index contributed by atoms with van der Waals surface area (Å²) in [4.78, 5) is 1.77. The summed E-state index contributed by atoms with van der Waals surface area (Å²) in [5, 5.41) is 13.0. The molecule has 1 aliphatic rings. The topological polar surface area (TPSA) is 54.3 Å². The third-order valence-corrected chi connectivity index (χ3v) is 5.35. The Bertz CT molecular complexity index is 618. The highest BCUT2D eigenvalue weighted by atomic mass is 32.2. The molecule has 1 aromatic rings. The normalized spacial score (nSPS) is 16.0. The van der Waals surface area contributed by atoms with Crippen LogP contribution in [0.25, 0.3) is 0 Å². The molecule has 22 heavy (non-hydrogen) atoms. The molecule has 2 rings (SSSR count). The van der Waals surface area contributed by atoms with Gasteiger partial charge in [0, 0.05) is 11.6 Å². The van der Waals surface area contributed by atoms with Crippen LogP contribution in [0, 0.1) is 0 Å². The van der Waals surface area contributed by atoms with Gasteiger partial charge in [-0.25, -0.2) is 0 Å². The number of nitrogens with zero attached hydrogens (tertiary/aromatic N) is 2. The highest BCUT2D eigenvalue weighted by molar-refractivity contribution is 8.21. The Kier molecular flexibility index (Phi) is 5.68. The highest BCUT2D eigenvalue weighted by Crippen LogP contribution is 2.37. The number of rotatable bonds is 5. The van der Waals surface area contributed by atoms with Crippen molar-refractivity contribution in [1.29, 1.82) is 0 Å². The lowest BCUT2D eigenvalue weighted by Gasteiger charge is -2.21. The monoisotopic (exact) mass is 338 g/mol. The predicted molar refractivity (Wildman–Crippen MR) is 93.8 cm³/mol. The van der Waals surface area contributed by atoms with E-state index in [2.05, 4.69) is 5.16 Å². The number of thioether (sulfide) groups is 2. The van der Waals surface area contributed by atoms with E-state index in [1.54, 1.807) is 42.6 Å². The molecule has 0 amide bonds. The first-order chi connectivity index (χ1) is 10.7. The first kappa shape index (κ1) is 16.6. The van der Waals surface area contributed by atoms with Crippen LogP contribution in [0.1, 0.15) is 0 Å². The zero-order valence-corrected chi connectivity index (χ0v) is 14.5. The van der Waals surface area contributed by atoms with Crippen molar-refractivity contribution in [2.75, 3.05) is 31.6 Å². The molecule has 0 radical (unpaired) electrons. The Balaban J connectivity index is 2.50. The Hall–Kier alpha value is -1.73. The molecular formula is C15H18N2O3S2. The van der Waals surface area contributed by atoms with Crippen molar-refractivity contribution < 1.29 is 14.7 Å².